The number of rotatable bonds is 7. The number of oxime groups is 2. The Bertz CT molecular complexity index is 1130. The number of aromatic nitrogens is 1. The minimum absolute atomic E-state index is 0. The summed E-state index contributed by atoms with van der Waals surface area (Å²) in [6, 6.07) is 12.9. The van der Waals surface area contributed by atoms with Gasteiger partial charge in [0.15, 0.2) is 17.4 Å². The monoisotopic (exact) mass is 482 g/mol. The molecular weight excluding hydrogens is 463 g/mol. The Hall–Kier alpha value is -3.83. The van der Waals surface area contributed by atoms with Gasteiger partial charge in [0.25, 0.3) is 5.69 Å². The number of halogens is 2. The van der Waals surface area contributed by atoms with Crippen LogP contribution in [0.3, 0.4) is 0 Å². The van der Waals surface area contributed by atoms with Gasteiger partial charge in [0.2, 0.25) is 0 Å². The maximum atomic E-state index is 11.5. The van der Waals surface area contributed by atoms with E-state index in [-0.39, 0.29) is 53.4 Å². The minimum atomic E-state index is -0.510. The first kappa shape index (κ1) is 26.2. The smallest absolute Gasteiger partial charge is 0.278 e. The highest BCUT2D eigenvalue weighted by Gasteiger charge is 2.21. The number of nitro benzene ring substituents is 1. The van der Waals surface area contributed by atoms with Gasteiger partial charge in [-0.05, 0) is 12.1 Å². The van der Waals surface area contributed by atoms with Gasteiger partial charge in [-0.3, -0.25) is 10.1 Å². The van der Waals surface area contributed by atoms with E-state index in [0.29, 0.717) is 22.5 Å². The standard InChI is InChI=1S/C19H18N6O5.2ClH/c1-28-23-18(20)12-5-3-11(4-6-12)17-10-15(22-30-17)14-9-13(19(21)24-29-2)7-8-16(14)25(26)27;;/h3-10H,1-2H3,(H2,20,23)(H2,21,24);2*1H. The van der Waals surface area contributed by atoms with Crippen LogP contribution in [0.25, 0.3) is 22.6 Å². The van der Waals surface area contributed by atoms with Gasteiger partial charge in [0, 0.05) is 28.8 Å². The molecule has 2 aromatic carbocycles. The van der Waals surface area contributed by atoms with Crippen LogP contribution in [0.4, 0.5) is 5.69 Å². The highest BCUT2D eigenvalue weighted by atomic mass is 35.5. The summed E-state index contributed by atoms with van der Waals surface area (Å²) in [6.07, 6.45) is 0. The van der Waals surface area contributed by atoms with Crippen LogP contribution in [0.1, 0.15) is 11.1 Å². The third-order valence-electron chi connectivity index (χ3n) is 4.12. The van der Waals surface area contributed by atoms with Gasteiger partial charge in [-0.25, -0.2) is 0 Å². The fourth-order valence-electron chi connectivity index (χ4n) is 2.71. The van der Waals surface area contributed by atoms with E-state index < -0.39 is 4.92 Å². The molecule has 4 N–H and O–H groups in total. The summed E-state index contributed by atoms with van der Waals surface area (Å²) in [6.45, 7) is 0. The van der Waals surface area contributed by atoms with Gasteiger partial charge in [-0.15, -0.1) is 24.8 Å². The minimum Gasteiger partial charge on any atom is -0.397 e. The van der Waals surface area contributed by atoms with Crippen LogP contribution in [0.5, 0.6) is 0 Å². The highest BCUT2D eigenvalue weighted by Crippen LogP contribution is 2.33. The summed E-state index contributed by atoms with van der Waals surface area (Å²) in [5.74, 6) is 0.713. The number of amidine groups is 2. The Morgan fingerprint density at radius 3 is 2.09 bits per heavy atom. The van der Waals surface area contributed by atoms with Gasteiger partial charge in [-0.1, -0.05) is 39.7 Å². The Labute approximate surface area is 195 Å². The fraction of sp³-hybridized carbons (Fsp3) is 0.105. The van der Waals surface area contributed by atoms with E-state index in [1.165, 1.54) is 32.4 Å². The molecule has 0 atom stereocenters. The molecule has 0 fully saturated rings. The molecule has 13 heteroatoms. The molecule has 0 unspecified atom stereocenters. The van der Waals surface area contributed by atoms with E-state index in [4.69, 9.17) is 16.0 Å². The van der Waals surface area contributed by atoms with Gasteiger partial charge in [0.05, 0.1) is 10.5 Å². The summed E-state index contributed by atoms with van der Waals surface area (Å²) in [5.41, 5.74) is 13.7. The van der Waals surface area contributed by atoms with Gasteiger partial charge in [0.1, 0.15) is 19.9 Å². The molecule has 0 spiro atoms. The zero-order chi connectivity index (χ0) is 21.7. The Morgan fingerprint density at radius 2 is 1.53 bits per heavy atom. The van der Waals surface area contributed by atoms with Crippen LogP contribution < -0.4 is 11.5 Å². The first-order valence-electron chi connectivity index (χ1n) is 8.54. The van der Waals surface area contributed by atoms with Gasteiger partial charge >= 0.3 is 0 Å². The zero-order valence-electron chi connectivity index (χ0n) is 16.9. The molecule has 0 radical (unpaired) electrons. The van der Waals surface area contributed by atoms with E-state index in [0.717, 1.165) is 0 Å². The second-order valence-corrected chi connectivity index (χ2v) is 5.96. The van der Waals surface area contributed by atoms with E-state index in [2.05, 4.69) is 25.1 Å². The predicted molar refractivity (Wildman–Crippen MR) is 124 cm³/mol. The average molecular weight is 483 g/mol. The second-order valence-electron chi connectivity index (χ2n) is 5.96. The van der Waals surface area contributed by atoms with Crippen LogP contribution in [0, 0.1) is 10.1 Å². The van der Waals surface area contributed by atoms with Crippen molar-refractivity contribution < 1.29 is 19.1 Å². The molecule has 0 saturated heterocycles. The molecule has 170 valence electrons. The van der Waals surface area contributed by atoms with Crippen molar-refractivity contribution in [3.63, 3.8) is 0 Å². The molecule has 0 amide bonds. The summed E-state index contributed by atoms with van der Waals surface area (Å²) in [7, 11) is 2.75. The number of nitrogens with two attached hydrogens (primary N) is 2. The lowest BCUT2D eigenvalue weighted by atomic mass is 10.0. The summed E-state index contributed by atoms with van der Waals surface area (Å²) < 4.78 is 5.39. The number of nitro groups is 1. The molecule has 3 rings (SSSR count). The van der Waals surface area contributed by atoms with Crippen LogP contribution in [-0.2, 0) is 9.68 Å². The average Bonchev–Trinajstić information content (AvgIpc) is 3.24. The fourth-order valence-corrected chi connectivity index (χ4v) is 2.71. The van der Waals surface area contributed by atoms with Crippen molar-refractivity contribution in [2.24, 2.45) is 21.8 Å². The van der Waals surface area contributed by atoms with E-state index in [9.17, 15) is 10.1 Å². The molecule has 1 aromatic heterocycles. The maximum Gasteiger partial charge on any atom is 0.278 e. The molecular formula is C19H20Cl2N6O5. The molecule has 1 heterocycles. The number of nitrogens with zero attached hydrogens (tertiary/aromatic N) is 4. The highest BCUT2D eigenvalue weighted by molar-refractivity contribution is 5.99. The van der Waals surface area contributed by atoms with Crippen molar-refractivity contribution in [1.82, 2.24) is 5.16 Å². The quantitative estimate of drug-likeness (QED) is 0.224. The van der Waals surface area contributed by atoms with Crippen molar-refractivity contribution in [3.8, 4) is 22.6 Å². The Morgan fingerprint density at radius 1 is 0.969 bits per heavy atom. The van der Waals surface area contributed by atoms with Crippen LogP contribution in [-0.4, -0.2) is 36.0 Å². The van der Waals surface area contributed by atoms with Crippen molar-refractivity contribution in [2.45, 2.75) is 0 Å². The molecule has 0 saturated carbocycles. The van der Waals surface area contributed by atoms with Gasteiger partial charge in [-0.2, -0.15) is 0 Å². The first-order valence-corrected chi connectivity index (χ1v) is 8.54. The number of hydrogen-bond donors (Lipinski definition) is 2. The van der Waals surface area contributed by atoms with Crippen molar-refractivity contribution in [3.05, 3.63) is 69.8 Å². The predicted octanol–water partition coefficient (Wildman–Crippen LogP) is 3.29. The van der Waals surface area contributed by atoms with E-state index >= 15 is 0 Å². The lowest BCUT2D eigenvalue weighted by Gasteiger charge is -2.03. The van der Waals surface area contributed by atoms with Crippen LogP contribution in [0.15, 0.2) is 63.4 Å². The molecule has 0 bridgehead atoms. The largest absolute Gasteiger partial charge is 0.397 e. The molecule has 11 nitrogen and oxygen atoms in total. The molecule has 0 aliphatic carbocycles. The summed E-state index contributed by atoms with van der Waals surface area (Å²) in [4.78, 5) is 20.3. The number of benzene rings is 2. The van der Waals surface area contributed by atoms with Crippen LogP contribution >= 0.6 is 24.8 Å². The number of hydrogen-bond acceptors (Lipinski definition) is 8. The molecule has 0 aliphatic heterocycles. The third kappa shape index (κ3) is 5.65. The molecule has 0 aliphatic rings. The van der Waals surface area contributed by atoms with Gasteiger partial charge < -0.3 is 25.7 Å². The van der Waals surface area contributed by atoms with Crippen molar-refractivity contribution in [2.75, 3.05) is 14.2 Å². The summed E-state index contributed by atoms with van der Waals surface area (Å²) >= 11 is 0. The third-order valence-corrected chi connectivity index (χ3v) is 4.12. The second kappa shape index (κ2) is 11.5. The SMILES string of the molecule is CO/N=C(\N)c1ccc(-c2cc(-c3cc(/C(N)=N/OC)ccc3[N+](=O)[O-])no2)cc1.Cl.Cl. The van der Waals surface area contributed by atoms with Crippen LogP contribution in [0.2, 0.25) is 0 Å². The first-order chi connectivity index (χ1) is 14.4. The van der Waals surface area contributed by atoms with E-state index in [1.807, 2.05) is 0 Å². The van der Waals surface area contributed by atoms with Crippen molar-refractivity contribution >= 4 is 42.2 Å². The van der Waals surface area contributed by atoms with Crippen molar-refractivity contribution in [1.29, 1.82) is 0 Å². The summed E-state index contributed by atoms with van der Waals surface area (Å²) in [5, 5.41) is 22.8. The topological polar surface area (TPSA) is 164 Å². The van der Waals surface area contributed by atoms with E-state index in [1.54, 1.807) is 30.3 Å². The lowest BCUT2D eigenvalue weighted by Crippen LogP contribution is -2.13. The molecule has 32 heavy (non-hydrogen) atoms. The zero-order valence-corrected chi connectivity index (χ0v) is 18.6. The maximum absolute atomic E-state index is 11.5. The lowest BCUT2D eigenvalue weighted by molar-refractivity contribution is -0.384. The Balaban J connectivity index is 0.00000256. The molecule has 3 aromatic rings. The normalized spacial score (nSPS) is 11.2. The Kier molecular flexibility index (Phi) is 9.44.